The zero-order chi connectivity index (χ0) is 20.1. The lowest BCUT2D eigenvalue weighted by molar-refractivity contribution is -0.384. The van der Waals surface area contributed by atoms with Gasteiger partial charge in [0.15, 0.2) is 5.58 Å². The molecular formula is C19H15ClN2O6. The number of nitrogens with zero attached hydrogens (tertiary/aromatic N) is 2. The molecule has 0 aliphatic rings. The maximum Gasteiger partial charge on any atom is 0.419 e. The number of para-hydroxylation sites is 2. The number of esters is 1. The first kappa shape index (κ1) is 19.4. The lowest BCUT2D eigenvalue weighted by Crippen LogP contribution is -2.15. The van der Waals surface area contributed by atoms with Gasteiger partial charge in [-0.05, 0) is 36.3 Å². The number of nitro benzene ring substituents is 1. The van der Waals surface area contributed by atoms with E-state index < -0.39 is 16.6 Å². The van der Waals surface area contributed by atoms with Gasteiger partial charge < -0.3 is 9.15 Å². The van der Waals surface area contributed by atoms with E-state index in [1.54, 1.807) is 30.3 Å². The lowest BCUT2D eigenvalue weighted by Gasteiger charge is -2.03. The normalized spacial score (nSPS) is 11.2. The summed E-state index contributed by atoms with van der Waals surface area (Å²) in [5.41, 5.74) is 1.40. The second-order valence-corrected chi connectivity index (χ2v) is 6.22. The van der Waals surface area contributed by atoms with E-state index in [0.717, 1.165) is 0 Å². The summed E-state index contributed by atoms with van der Waals surface area (Å²) in [6.45, 7) is 0.451. The Morgan fingerprint density at radius 1 is 1.29 bits per heavy atom. The fourth-order valence-electron chi connectivity index (χ4n) is 2.61. The summed E-state index contributed by atoms with van der Waals surface area (Å²) in [5, 5.41) is 10.9. The predicted molar refractivity (Wildman–Crippen MR) is 103 cm³/mol. The Balaban J connectivity index is 1.53. The maximum atomic E-state index is 11.8. The molecule has 0 fully saturated rings. The molecule has 9 heteroatoms. The van der Waals surface area contributed by atoms with Crippen LogP contribution >= 0.6 is 11.6 Å². The molecule has 144 valence electrons. The summed E-state index contributed by atoms with van der Waals surface area (Å²) < 4.78 is 11.7. The number of hydrogen-bond donors (Lipinski definition) is 0. The number of carbonyl (C=O) groups excluding carboxylic acids is 1. The van der Waals surface area contributed by atoms with Gasteiger partial charge in [0.05, 0.1) is 17.0 Å². The van der Waals surface area contributed by atoms with Crippen molar-refractivity contribution in [2.24, 2.45) is 0 Å². The van der Waals surface area contributed by atoms with E-state index >= 15 is 0 Å². The number of aromatic nitrogens is 1. The molecule has 2 aromatic carbocycles. The van der Waals surface area contributed by atoms with Crippen molar-refractivity contribution in [2.75, 3.05) is 6.61 Å². The highest BCUT2D eigenvalue weighted by Gasteiger charge is 2.12. The number of carbonyl (C=O) groups is 1. The molecule has 28 heavy (non-hydrogen) atoms. The van der Waals surface area contributed by atoms with Crippen LogP contribution in [-0.4, -0.2) is 22.1 Å². The Kier molecular flexibility index (Phi) is 5.90. The summed E-state index contributed by atoms with van der Waals surface area (Å²) in [6, 6.07) is 11.3. The molecule has 8 nitrogen and oxygen atoms in total. The molecule has 0 aliphatic carbocycles. The first-order chi connectivity index (χ1) is 13.5. The molecule has 1 aromatic heterocycles. The molecule has 3 rings (SSSR count). The van der Waals surface area contributed by atoms with Gasteiger partial charge in [0.2, 0.25) is 0 Å². The molecule has 0 radical (unpaired) electrons. The first-order valence-electron chi connectivity index (χ1n) is 8.33. The van der Waals surface area contributed by atoms with Gasteiger partial charge in [-0.3, -0.25) is 14.7 Å². The standard InChI is InChI=1S/C19H15ClN2O6/c20-14-8-6-13(12-16(14)22(25)26)7-9-18(23)27-11-3-10-21-15-4-1-2-5-17(15)28-19(21)24/h1-2,4-9,12H,3,10-11H2/b9-7+. The number of hydrogen-bond acceptors (Lipinski definition) is 6. The van der Waals surface area contributed by atoms with Gasteiger partial charge in [0.25, 0.3) is 5.69 Å². The second kappa shape index (κ2) is 8.53. The molecule has 0 atom stereocenters. The van der Waals surface area contributed by atoms with Gasteiger partial charge in [-0.2, -0.15) is 0 Å². The van der Waals surface area contributed by atoms with Crippen LogP contribution in [0.2, 0.25) is 5.02 Å². The highest BCUT2D eigenvalue weighted by Crippen LogP contribution is 2.25. The zero-order valence-corrected chi connectivity index (χ0v) is 15.3. The first-order valence-corrected chi connectivity index (χ1v) is 8.70. The van der Waals surface area contributed by atoms with Crippen LogP contribution in [0.3, 0.4) is 0 Å². The highest BCUT2D eigenvalue weighted by molar-refractivity contribution is 6.32. The topological polar surface area (TPSA) is 105 Å². The molecule has 1 heterocycles. The zero-order valence-electron chi connectivity index (χ0n) is 14.5. The van der Waals surface area contributed by atoms with Gasteiger partial charge in [-0.1, -0.05) is 29.8 Å². The molecule has 0 aliphatic heterocycles. The van der Waals surface area contributed by atoms with Crippen LogP contribution in [0.1, 0.15) is 12.0 Å². The molecule has 0 saturated heterocycles. The van der Waals surface area contributed by atoms with Gasteiger partial charge >= 0.3 is 11.7 Å². The number of fused-ring (bicyclic) bond motifs is 1. The van der Waals surface area contributed by atoms with Crippen molar-refractivity contribution in [1.82, 2.24) is 4.57 Å². The second-order valence-electron chi connectivity index (χ2n) is 5.81. The van der Waals surface area contributed by atoms with Crippen LogP contribution in [0.15, 0.2) is 57.8 Å². The molecule has 0 amide bonds. The van der Waals surface area contributed by atoms with Gasteiger partial charge in [-0.15, -0.1) is 0 Å². The SMILES string of the molecule is O=C(/C=C/c1ccc(Cl)c([N+](=O)[O-])c1)OCCCn1c(=O)oc2ccccc21. The van der Waals surface area contributed by atoms with E-state index in [-0.39, 0.29) is 17.3 Å². The van der Waals surface area contributed by atoms with E-state index in [0.29, 0.717) is 29.6 Å². The fraction of sp³-hybridized carbons (Fsp3) is 0.158. The van der Waals surface area contributed by atoms with Gasteiger partial charge in [0.1, 0.15) is 5.02 Å². The number of nitro groups is 1. The molecular weight excluding hydrogens is 388 g/mol. The molecule has 3 aromatic rings. The summed E-state index contributed by atoms with van der Waals surface area (Å²) in [5.74, 6) is -1.06. The van der Waals surface area contributed by atoms with Gasteiger partial charge in [-0.25, -0.2) is 9.59 Å². The van der Waals surface area contributed by atoms with Crippen molar-refractivity contribution >= 4 is 40.4 Å². The maximum absolute atomic E-state index is 11.8. The number of oxazole rings is 1. The third kappa shape index (κ3) is 4.47. The van der Waals surface area contributed by atoms with Crippen LogP contribution in [-0.2, 0) is 16.1 Å². The molecule has 0 unspecified atom stereocenters. The highest BCUT2D eigenvalue weighted by atomic mass is 35.5. The van der Waals surface area contributed by atoms with E-state index in [9.17, 15) is 19.7 Å². The van der Waals surface area contributed by atoms with E-state index in [1.165, 1.54) is 28.9 Å². The average molecular weight is 403 g/mol. The summed E-state index contributed by atoms with van der Waals surface area (Å²) in [6.07, 6.45) is 3.00. The van der Waals surface area contributed by atoms with Crippen LogP contribution < -0.4 is 5.76 Å². The van der Waals surface area contributed by atoms with Crippen molar-refractivity contribution in [3.8, 4) is 0 Å². The van der Waals surface area contributed by atoms with Crippen molar-refractivity contribution in [1.29, 1.82) is 0 Å². The Morgan fingerprint density at radius 3 is 2.86 bits per heavy atom. The van der Waals surface area contributed by atoms with Crippen LogP contribution in [0, 0.1) is 10.1 Å². The number of halogens is 1. The predicted octanol–water partition coefficient (Wildman–Crippen LogP) is 3.80. The number of rotatable bonds is 7. The van der Waals surface area contributed by atoms with Crippen molar-refractivity contribution in [3.63, 3.8) is 0 Å². The monoisotopic (exact) mass is 402 g/mol. The summed E-state index contributed by atoms with van der Waals surface area (Å²) in [4.78, 5) is 33.9. The van der Waals surface area contributed by atoms with E-state index in [1.807, 2.05) is 0 Å². The molecule has 0 saturated carbocycles. The summed E-state index contributed by atoms with van der Waals surface area (Å²) in [7, 11) is 0. The van der Waals surface area contributed by atoms with Crippen molar-refractivity contribution in [2.45, 2.75) is 13.0 Å². The Labute approximate surface area is 163 Å². The van der Waals surface area contributed by atoms with Crippen LogP contribution in [0.4, 0.5) is 5.69 Å². The molecule has 0 bridgehead atoms. The minimum atomic E-state index is -0.598. The fourth-order valence-corrected chi connectivity index (χ4v) is 2.79. The van der Waals surface area contributed by atoms with Gasteiger partial charge in [0, 0.05) is 18.7 Å². The van der Waals surface area contributed by atoms with E-state index in [4.69, 9.17) is 20.8 Å². The van der Waals surface area contributed by atoms with Crippen LogP contribution in [0.5, 0.6) is 0 Å². The lowest BCUT2D eigenvalue weighted by atomic mass is 10.2. The number of aryl methyl sites for hydroxylation is 1. The smallest absolute Gasteiger partial charge is 0.419 e. The Hall–Kier alpha value is -3.39. The minimum absolute atomic E-state index is 0.0201. The molecule has 0 spiro atoms. The largest absolute Gasteiger partial charge is 0.462 e. The third-order valence-corrected chi connectivity index (χ3v) is 4.24. The molecule has 0 N–H and O–H groups in total. The Bertz CT molecular complexity index is 1120. The Morgan fingerprint density at radius 2 is 2.07 bits per heavy atom. The number of ether oxygens (including phenoxy) is 1. The minimum Gasteiger partial charge on any atom is -0.462 e. The van der Waals surface area contributed by atoms with Crippen LogP contribution in [0.25, 0.3) is 17.2 Å². The average Bonchev–Trinajstić information content (AvgIpc) is 2.99. The quantitative estimate of drug-likeness (QED) is 0.196. The number of benzene rings is 2. The van der Waals surface area contributed by atoms with E-state index in [2.05, 4.69) is 0 Å². The van der Waals surface area contributed by atoms with Crippen molar-refractivity contribution in [3.05, 3.63) is 79.8 Å². The third-order valence-electron chi connectivity index (χ3n) is 3.92. The van der Waals surface area contributed by atoms with Crippen molar-refractivity contribution < 1.29 is 18.9 Å². The summed E-state index contributed by atoms with van der Waals surface area (Å²) >= 11 is 5.74.